The molecule has 28 heavy (non-hydrogen) atoms. The van der Waals surface area contributed by atoms with E-state index in [0.29, 0.717) is 11.3 Å². The van der Waals surface area contributed by atoms with Gasteiger partial charge in [0.2, 0.25) is 10.0 Å². The van der Waals surface area contributed by atoms with Gasteiger partial charge in [0.05, 0.1) is 10.5 Å². The molecule has 0 aromatic heterocycles. The Morgan fingerprint density at radius 2 is 1.64 bits per heavy atom. The summed E-state index contributed by atoms with van der Waals surface area (Å²) >= 11 is 0. The molecule has 9 nitrogen and oxygen atoms in total. The van der Waals surface area contributed by atoms with Crippen LogP contribution in [0.15, 0.2) is 53.4 Å². The fourth-order valence-corrected chi connectivity index (χ4v) is 2.98. The van der Waals surface area contributed by atoms with E-state index in [1.54, 1.807) is 18.2 Å². The van der Waals surface area contributed by atoms with E-state index < -0.39 is 28.5 Å². The summed E-state index contributed by atoms with van der Waals surface area (Å²) in [5.74, 6) is -1.76. The number of hydrogen-bond acceptors (Lipinski definition) is 6. The number of anilines is 1. The number of benzene rings is 2. The first-order chi connectivity index (χ1) is 13.3. The maximum Gasteiger partial charge on any atom is 0.338 e. The highest BCUT2D eigenvalue weighted by atomic mass is 32.2. The largest absolute Gasteiger partial charge is 0.452 e. The summed E-state index contributed by atoms with van der Waals surface area (Å²) in [5, 5.41) is 4.98. The molecule has 0 aliphatic rings. The Morgan fingerprint density at radius 3 is 2.32 bits per heavy atom. The Balaban J connectivity index is 1.99. The molecule has 2 rings (SSSR count). The molecular formula is C18H19N3O6S. The van der Waals surface area contributed by atoms with Gasteiger partial charge < -0.3 is 15.4 Å². The van der Waals surface area contributed by atoms with Crippen molar-refractivity contribution in [3.05, 3.63) is 59.7 Å². The van der Waals surface area contributed by atoms with Crippen LogP contribution < -0.4 is 15.4 Å². The summed E-state index contributed by atoms with van der Waals surface area (Å²) in [7, 11) is -0.966. The van der Waals surface area contributed by atoms with Crippen molar-refractivity contribution in [1.82, 2.24) is 10.0 Å². The van der Waals surface area contributed by atoms with E-state index in [-0.39, 0.29) is 16.4 Å². The number of rotatable bonds is 7. The molecule has 0 saturated heterocycles. The summed E-state index contributed by atoms with van der Waals surface area (Å²) in [4.78, 5) is 35.6. The number of hydrogen-bond donors (Lipinski definition) is 3. The van der Waals surface area contributed by atoms with Gasteiger partial charge in [-0.25, -0.2) is 17.9 Å². The lowest BCUT2D eigenvalue weighted by Crippen LogP contribution is -2.22. The van der Waals surface area contributed by atoms with Crippen LogP contribution in [0.5, 0.6) is 0 Å². The molecule has 0 heterocycles. The van der Waals surface area contributed by atoms with E-state index >= 15 is 0 Å². The maximum atomic E-state index is 12.1. The Labute approximate surface area is 162 Å². The molecule has 2 aromatic carbocycles. The van der Waals surface area contributed by atoms with Crippen molar-refractivity contribution in [2.45, 2.75) is 4.90 Å². The van der Waals surface area contributed by atoms with E-state index in [9.17, 15) is 22.8 Å². The van der Waals surface area contributed by atoms with Crippen LogP contribution in [0.25, 0.3) is 0 Å². The Morgan fingerprint density at radius 1 is 0.964 bits per heavy atom. The van der Waals surface area contributed by atoms with Gasteiger partial charge in [-0.15, -0.1) is 0 Å². The molecule has 0 radical (unpaired) electrons. The van der Waals surface area contributed by atoms with Gasteiger partial charge in [-0.2, -0.15) is 0 Å². The quantitative estimate of drug-likeness (QED) is 0.583. The van der Waals surface area contributed by atoms with Crippen LogP contribution in [-0.2, 0) is 19.6 Å². The SMILES string of the molecule is CNC(=O)c1cccc(NC(=O)COC(=O)c2cccc(S(=O)(=O)NC)c2)c1. The molecule has 2 aromatic rings. The molecule has 3 N–H and O–H groups in total. The second-order valence-corrected chi connectivity index (χ2v) is 7.41. The van der Waals surface area contributed by atoms with Crippen molar-refractivity contribution < 1.29 is 27.5 Å². The lowest BCUT2D eigenvalue weighted by molar-refractivity contribution is -0.119. The van der Waals surface area contributed by atoms with Crippen molar-refractivity contribution >= 4 is 33.5 Å². The summed E-state index contributed by atoms with van der Waals surface area (Å²) in [6.07, 6.45) is 0. The Kier molecular flexibility index (Phi) is 6.85. The minimum absolute atomic E-state index is 0.00857. The van der Waals surface area contributed by atoms with Gasteiger partial charge in [0, 0.05) is 18.3 Å². The first-order valence-corrected chi connectivity index (χ1v) is 9.58. The van der Waals surface area contributed by atoms with Crippen LogP contribution >= 0.6 is 0 Å². The molecule has 0 fully saturated rings. The van der Waals surface area contributed by atoms with E-state index in [1.807, 2.05) is 0 Å². The van der Waals surface area contributed by atoms with E-state index in [1.165, 1.54) is 38.4 Å². The van der Waals surface area contributed by atoms with Crippen molar-refractivity contribution in [2.24, 2.45) is 0 Å². The third-order valence-corrected chi connectivity index (χ3v) is 5.03. The average Bonchev–Trinajstić information content (AvgIpc) is 2.71. The van der Waals surface area contributed by atoms with Gasteiger partial charge >= 0.3 is 5.97 Å². The number of carbonyl (C=O) groups is 3. The zero-order chi connectivity index (χ0) is 20.7. The minimum Gasteiger partial charge on any atom is -0.452 e. The number of sulfonamides is 1. The van der Waals surface area contributed by atoms with Gasteiger partial charge in [0.1, 0.15) is 0 Å². The Hall–Kier alpha value is -3.24. The molecular weight excluding hydrogens is 386 g/mol. The van der Waals surface area contributed by atoms with Gasteiger partial charge in [-0.3, -0.25) is 9.59 Å². The number of ether oxygens (including phenoxy) is 1. The fourth-order valence-electron chi connectivity index (χ4n) is 2.20. The zero-order valence-electron chi connectivity index (χ0n) is 15.2. The molecule has 0 saturated carbocycles. The van der Waals surface area contributed by atoms with Crippen LogP contribution in [0, 0.1) is 0 Å². The van der Waals surface area contributed by atoms with E-state index in [2.05, 4.69) is 15.4 Å². The van der Waals surface area contributed by atoms with Crippen molar-refractivity contribution in [2.75, 3.05) is 26.0 Å². The van der Waals surface area contributed by atoms with Crippen molar-refractivity contribution in [3.63, 3.8) is 0 Å². The lowest BCUT2D eigenvalue weighted by Gasteiger charge is -2.09. The first kappa shape index (κ1) is 21.1. The number of carbonyl (C=O) groups excluding carboxylic acids is 3. The van der Waals surface area contributed by atoms with Gasteiger partial charge in [-0.05, 0) is 43.4 Å². The van der Waals surface area contributed by atoms with Crippen LogP contribution in [0.3, 0.4) is 0 Å². The van der Waals surface area contributed by atoms with Gasteiger partial charge in [0.15, 0.2) is 6.61 Å². The lowest BCUT2D eigenvalue weighted by atomic mass is 10.2. The summed E-state index contributed by atoms with van der Waals surface area (Å²) in [5.41, 5.74) is 0.717. The highest BCUT2D eigenvalue weighted by molar-refractivity contribution is 7.89. The monoisotopic (exact) mass is 405 g/mol. The average molecular weight is 405 g/mol. The zero-order valence-corrected chi connectivity index (χ0v) is 16.0. The third-order valence-electron chi connectivity index (χ3n) is 3.62. The summed E-state index contributed by atoms with van der Waals surface area (Å²) < 4.78 is 30.6. The number of nitrogens with one attached hydrogen (secondary N) is 3. The summed E-state index contributed by atoms with van der Waals surface area (Å²) in [6.45, 7) is -0.577. The van der Waals surface area contributed by atoms with Crippen LogP contribution in [0.2, 0.25) is 0 Å². The van der Waals surface area contributed by atoms with E-state index in [4.69, 9.17) is 4.74 Å². The molecule has 0 spiro atoms. The van der Waals surface area contributed by atoms with Crippen LogP contribution in [0.1, 0.15) is 20.7 Å². The minimum atomic E-state index is -3.71. The maximum absolute atomic E-state index is 12.1. The van der Waals surface area contributed by atoms with Gasteiger partial charge in [-0.1, -0.05) is 12.1 Å². The van der Waals surface area contributed by atoms with Crippen LogP contribution in [0.4, 0.5) is 5.69 Å². The fraction of sp³-hybridized carbons (Fsp3) is 0.167. The topological polar surface area (TPSA) is 131 Å². The smallest absolute Gasteiger partial charge is 0.338 e. The first-order valence-electron chi connectivity index (χ1n) is 8.09. The molecule has 148 valence electrons. The molecule has 2 amide bonds. The molecule has 0 bridgehead atoms. The molecule has 0 unspecified atom stereocenters. The number of amides is 2. The normalized spacial score (nSPS) is 10.8. The summed E-state index contributed by atoms with van der Waals surface area (Å²) in [6, 6.07) is 11.5. The highest BCUT2D eigenvalue weighted by Gasteiger charge is 2.16. The van der Waals surface area contributed by atoms with Crippen molar-refractivity contribution in [3.8, 4) is 0 Å². The third kappa shape index (κ3) is 5.38. The molecule has 0 atom stereocenters. The van der Waals surface area contributed by atoms with Gasteiger partial charge in [0.25, 0.3) is 11.8 Å². The predicted molar refractivity (Wildman–Crippen MR) is 101 cm³/mol. The van der Waals surface area contributed by atoms with Crippen LogP contribution in [-0.4, -0.2) is 46.9 Å². The Bertz CT molecular complexity index is 1000. The van der Waals surface area contributed by atoms with E-state index in [0.717, 1.165) is 6.07 Å². The second kappa shape index (κ2) is 9.11. The molecule has 10 heteroatoms. The van der Waals surface area contributed by atoms with Crippen molar-refractivity contribution in [1.29, 1.82) is 0 Å². The predicted octanol–water partition coefficient (Wildman–Crippen LogP) is 0.750. The molecule has 0 aliphatic carbocycles. The standard InChI is InChI=1S/C18H19N3O6S/c1-19-17(23)12-5-3-7-14(9-12)21-16(22)11-27-18(24)13-6-4-8-15(10-13)28(25,26)20-2/h3-10,20H,11H2,1-2H3,(H,19,23)(H,21,22). The highest BCUT2D eigenvalue weighted by Crippen LogP contribution is 2.13. The number of esters is 1. The second-order valence-electron chi connectivity index (χ2n) is 5.52. The molecule has 0 aliphatic heterocycles.